The van der Waals surface area contributed by atoms with Gasteiger partial charge in [-0.25, -0.2) is 0 Å². The van der Waals surface area contributed by atoms with E-state index in [0.717, 1.165) is 4.90 Å². The van der Waals surface area contributed by atoms with Gasteiger partial charge < -0.3 is 0 Å². The zero-order valence-electron chi connectivity index (χ0n) is 13.4. The lowest BCUT2D eigenvalue weighted by molar-refractivity contribution is -0.384. The summed E-state index contributed by atoms with van der Waals surface area (Å²) in [6.07, 6.45) is -2.74. The van der Waals surface area contributed by atoms with E-state index >= 15 is 0 Å². The Morgan fingerprint density at radius 1 is 1.04 bits per heavy atom. The molecule has 26 heavy (non-hydrogen) atoms. The Bertz CT molecular complexity index is 935. The average Bonchev–Trinajstić information content (AvgIpc) is 3.07. The first kappa shape index (κ1) is 18.0. The van der Waals surface area contributed by atoms with Crippen molar-refractivity contribution in [3.63, 3.8) is 0 Å². The molecule has 134 valence electrons. The van der Waals surface area contributed by atoms with E-state index in [9.17, 15) is 23.3 Å². The molecule has 1 heterocycles. The van der Waals surface area contributed by atoms with Gasteiger partial charge in [-0.1, -0.05) is 12.1 Å². The molecular formula is C17H12F3N3O2S. The number of aromatic nitrogens is 2. The van der Waals surface area contributed by atoms with Gasteiger partial charge in [0.2, 0.25) is 0 Å². The number of thioether (sulfide) groups is 1. The van der Waals surface area contributed by atoms with Crippen molar-refractivity contribution < 1.29 is 18.1 Å². The van der Waals surface area contributed by atoms with Crippen molar-refractivity contribution in [2.24, 2.45) is 0 Å². The van der Waals surface area contributed by atoms with Crippen molar-refractivity contribution in [1.29, 1.82) is 0 Å². The van der Waals surface area contributed by atoms with Crippen molar-refractivity contribution >= 4 is 17.4 Å². The maximum atomic E-state index is 13.4. The van der Waals surface area contributed by atoms with Gasteiger partial charge >= 0.3 is 6.18 Å². The molecule has 0 bridgehead atoms. The fourth-order valence-corrected chi connectivity index (χ4v) is 2.94. The molecule has 0 saturated carbocycles. The van der Waals surface area contributed by atoms with Crippen LogP contribution in [0.2, 0.25) is 0 Å². The third-order valence-corrected chi connectivity index (χ3v) is 4.52. The number of hydrogen-bond donors (Lipinski definition) is 1. The Balaban J connectivity index is 2.16. The number of aromatic amines is 1. The molecule has 0 aliphatic rings. The predicted octanol–water partition coefficient (Wildman–Crippen LogP) is 5.39. The number of halogens is 3. The van der Waals surface area contributed by atoms with E-state index in [0.29, 0.717) is 11.1 Å². The average molecular weight is 379 g/mol. The highest BCUT2D eigenvalue weighted by molar-refractivity contribution is 7.98. The fourth-order valence-electron chi connectivity index (χ4n) is 2.54. The van der Waals surface area contributed by atoms with Crippen LogP contribution in [0.25, 0.3) is 22.4 Å². The molecule has 5 nitrogen and oxygen atoms in total. The zero-order valence-corrected chi connectivity index (χ0v) is 14.2. The molecule has 0 aliphatic carbocycles. The number of nitro benzene ring substituents is 1. The summed E-state index contributed by atoms with van der Waals surface area (Å²) in [4.78, 5) is 11.1. The summed E-state index contributed by atoms with van der Waals surface area (Å²) in [5.74, 6) is 0. The highest BCUT2D eigenvalue weighted by atomic mass is 32.2. The molecule has 0 saturated heterocycles. The van der Waals surface area contributed by atoms with E-state index in [1.165, 1.54) is 36.0 Å². The molecule has 3 aromatic rings. The van der Waals surface area contributed by atoms with Gasteiger partial charge in [-0.05, 0) is 36.1 Å². The van der Waals surface area contributed by atoms with Crippen LogP contribution in [0, 0.1) is 10.1 Å². The number of nitro groups is 1. The largest absolute Gasteiger partial charge is 0.433 e. The molecule has 2 aromatic carbocycles. The minimum Gasteiger partial charge on any atom is -0.272 e. The Kier molecular flexibility index (Phi) is 4.73. The fraction of sp³-hybridized carbons (Fsp3) is 0.118. The second kappa shape index (κ2) is 6.83. The molecule has 1 aromatic heterocycles. The number of hydrogen-bond acceptors (Lipinski definition) is 4. The summed E-state index contributed by atoms with van der Waals surface area (Å²) in [6.45, 7) is 0. The van der Waals surface area contributed by atoms with Crippen molar-refractivity contribution in [2.45, 2.75) is 11.1 Å². The van der Waals surface area contributed by atoms with Crippen molar-refractivity contribution in [3.8, 4) is 22.4 Å². The lowest BCUT2D eigenvalue weighted by Gasteiger charge is -2.10. The molecule has 0 fully saturated rings. The van der Waals surface area contributed by atoms with Gasteiger partial charge in [0.05, 0.1) is 4.92 Å². The van der Waals surface area contributed by atoms with Crippen LogP contribution in [0.1, 0.15) is 5.69 Å². The highest BCUT2D eigenvalue weighted by Crippen LogP contribution is 2.41. The van der Waals surface area contributed by atoms with E-state index in [4.69, 9.17) is 0 Å². The van der Waals surface area contributed by atoms with Crippen LogP contribution in [0.15, 0.2) is 53.4 Å². The topological polar surface area (TPSA) is 71.8 Å². The van der Waals surface area contributed by atoms with Crippen LogP contribution in [0.3, 0.4) is 0 Å². The Hall–Kier alpha value is -2.81. The molecule has 0 aliphatic heterocycles. The molecule has 0 amide bonds. The zero-order chi connectivity index (χ0) is 18.9. The van der Waals surface area contributed by atoms with Crippen LogP contribution >= 0.6 is 11.8 Å². The lowest BCUT2D eigenvalue weighted by atomic mass is 9.98. The number of rotatable bonds is 4. The minimum atomic E-state index is -4.61. The Morgan fingerprint density at radius 3 is 2.12 bits per heavy atom. The molecule has 3 rings (SSSR count). The van der Waals surface area contributed by atoms with Crippen molar-refractivity contribution in [2.75, 3.05) is 6.26 Å². The number of alkyl halides is 3. The molecule has 0 spiro atoms. The summed E-state index contributed by atoms with van der Waals surface area (Å²) >= 11 is 1.48. The standard InChI is InChI=1S/C17H12F3N3O2S/c1-26-13-8-4-10(5-9-13)14-15(21-22-16(14)17(18,19)20)11-2-6-12(7-3-11)23(24)25/h2-9H,1H3,(H,21,22). The van der Waals surface area contributed by atoms with Crippen molar-refractivity contribution in [1.82, 2.24) is 10.2 Å². The third kappa shape index (κ3) is 3.43. The number of H-pyrrole nitrogens is 1. The van der Waals surface area contributed by atoms with Gasteiger partial charge in [-0.15, -0.1) is 11.8 Å². The van der Waals surface area contributed by atoms with E-state index < -0.39 is 16.8 Å². The van der Waals surface area contributed by atoms with E-state index in [1.807, 2.05) is 6.26 Å². The van der Waals surface area contributed by atoms with Crippen LogP contribution in [0.4, 0.5) is 18.9 Å². The molecular weight excluding hydrogens is 367 g/mol. The van der Waals surface area contributed by atoms with Gasteiger partial charge in [0.25, 0.3) is 5.69 Å². The summed E-state index contributed by atoms with van der Waals surface area (Å²) in [5.41, 5.74) is -0.388. The molecule has 0 unspecified atom stereocenters. The first-order valence-corrected chi connectivity index (χ1v) is 8.58. The second-order valence-corrected chi connectivity index (χ2v) is 6.23. The van der Waals surface area contributed by atoms with Gasteiger partial charge in [0.15, 0.2) is 0 Å². The summed E-state index contributed by atoms with van der Waals surface area (Å²) in [5, 5.41) is 16.7. The van der Waals surface area contributed by atoms with Crippen LogP contribution in [-0.2, 0) is 6.18 Å². The van der Waals surface area contributed by atoms with Gasteiger partial charge in [-0.2, -0.15) is 18.3 Å². The maximum absolute atomic E-state index is 13.4. The number of non-ortho nitro benzene ring substituents is 1. The SMILES string of the molecule is CSc1ccc(-c2c(-c3ccc([N+](=O)[O-])cc3)n[nH]c2C(F)(F)F)cc1. The summed E-state index contributed by atoms with van der Waals surface area (Å²) in [6, 6.07) is 11.9. The Morgan fingerprint density at radius 2 is 1.62 bits per heavy atom. The van der Waals surface area contributed by atoms with E-state index in [-0.39, 0.29) is 16.9 Å². The first-order valence-electron chi connectivity index (χ1n) is 7.36. The monoisotopic (exact) mass is 379 g/mol. The maximum Gasteiger partial charge on any atom is 0.433 e. The third-order valence-electron chi connectivity index (χ3n) is 3.78. The van der Waals surface area contributed by atoms with Crippen LogP contribution in [-0.4, -0.2) is 21.4 Å². The summed E-state index contributed by atoms with van der Waals surface area (Å²) < 4.78 is 40.2. The quantitative estimate of drug-likeness (QED) is 0.375. The minimum absolute atomic E-state index is 0.0843. The smallest absolute Gasteiger partial charge is 0.272 e. The molecule has 0 radical (unpaired) electrons. The van der Waals surface area contributed by atoms with Gasteiger partial charge in [0, 0.05) is 28.2 Å². The van der Waals surface area contributed by atoms with E-state index in [1.54, 1.807) is 24.3 Å². The lowest BCUT2D eigenvalue weighted by Crippen LogP contribution is -2.07. The van der Waals surface area contributed by atoms with E-state index in [2.05, 4.69) is 10.2 Å². The highest BCUT2D eigenvalue weighted by Gasteiger charge is 2.38. The van der Waals surface area contributed by atoms with Crippen LogP contribution < -0.4 is 0 Å². The van der Waals surface area contributed by atoms with Gasteiger partial charge in [-0.3, -0.25) is 15.2 Å². The Labute approximate surface area is 150 Å². The number of nitrogens with one attached hydrogen (secondary N) is 1. The normalized spacial score (nSPS) is 11.5. The molecule has 1 N–H and O–H groups in total. The molecule has 0 atom stereocenters. The van der Waals surface area contributed by atoms with Crippen molar-refractivity contribution in [3.05, 3.63) is 64.3 Å². The van der Waals surface area contributed by atoms with Crippen LogP contribution in [0.5, 0.6) is 0 Å². The number of benzene rings is 2. The predicted molar refractivity (Wildman–Crippen MR) is 92.9 cm³/mol. The molecule has 9 heteroatoms. The second-order valence-electron chi connectivity index (χ2n) is 5.35. The summed E-state index contributed by atoms with van der Waals surface area (Å²) in [7, 11) is 0. The van der Waals surface area contributed by atoms with Gasteiger partial charge in [0.1, 0.15) is 11.4 Å². The number of nitrogens with zero attached hydrogens (tertiary/aromatic N) is 2. The first-order chi connectivity index (χ1) is 12.3.